The smallest absolute Gasteiger partial charge is 0.222 e. The maximum atomic E-state index is 11.3. The first kappa shape index (κ1) is 11.5. The second-order valence-electron chi connectivity index (χ2n) is 4.20. The summed E-state index contributed by atoms with van der Waals surface area (Å²) in [5.41, 5.74) is 0. The molecule has 1 fully saturated rings. The number of likely N-dealkylation sites (tertiary alicyclic amines) is 1. The van der Waals surface area contributed by atoms with Crippen LogP contribution in [0.5, 0.6) is 0 Å². The highest BCUT2D eigenvalue weighted by atomic mass is 16.3. The Kier molecular flexibility index (Phi) is 4.35. The summed E-state index contributed by atoms with van der Waals surface area (Å²) in [4.78, 5) is 13.6. The Morgan fingerprint density at radius 3 is 2.64 bits per heavy atom. The Labute approximate surface area is 85.3 Å². The van der Waals surface area contributed by atoms with Crippen LogP contribution in [0, 0.1) is 0 Å². The normalized spacial score (nSPS) is 21.9. The number of nitrogens with one attached hydrogen (secondary N) is 1. The predicted octanol–water partition coefficient (Wildman–Crippen LogP) is -0.0323. The Bertz CT molecular complexity index is 187. The van der Waals surface area contributed by atoms with Crippen LogP contribution in [-0.2, 0) is 4.79 Å². The highest BCUT2D eigenvalue weighted by Gasteiger charge is 2.18. The van der Waals surface area contributed by atoms with E-state index in [1.165, 1.54) is 0 Å². The number of aliphatic hydroxyl groups excluding tert-OH is 1. The zero-order valence-corrected chi connectivity index (χ0v) is 8.99. The van der Waals surface area contributed by atoms with Crippen LogP contribution in [0.2, 0.25) is 0 Å². The number of rotatable bonds is 3. The molecule has 1 unspecified atom stereocenters. The molecule has 4 nitrogen and oxygen atoms in total. The van der Waals surface area contributed by atoms with Crippen molar-refractivity contribution in [3.05, 3.63) is 0 Å². The van der Waals surface area contributed by atoms with Crippen molar-refractivity contribution < 1.29 is 9.90 Å². The minimum Gasteiger partial charge on any atom is -0.393 e. The van der Waals surface area contributed by atoms with E-state index >= 15 is 0 Å². The molecule has 1 rings (SSSR count). The predicted molar refractivity (Wildman–Crippen MR) is 55.0 cm³/mol. The molecule has 0 radical (unpaired) electrons. The van der Waals surface area contributed by atoms with E-state index in [2.05, 4.69) is 17.3 Å². The van der Waals surface area contributed by atoms with Gasteiger partial charge in [0.15, 0.2) is 0 Å². The summed E-state index contributed by atoms with van der Waals surface area (Å²) in [6.45, 7) is 3.72. The van der Waals surface area contributed by atoms with Gasteiger partial charge in [-0.1, -0.05) is 0 Å². The number of carbonyl (C=O) groups is 1. The number of carbonyl (C=O) groups excluding carboxylic acids is 1. The molecule has 1 aliphatic rings. The van der Waals surface area contributed by atoms with Gasteiger partial charge in [0.1, 0.15) is 0 Å². The summed E-state index contributed by atoms with van der Waals surface area (Å²) >= 11 is 0. The standard InChI is InChI=1S/C10H20N2O2/c1-8(13)7-10(14)11-9-3-5-12(2)6-4-9/h8-9,13H,3-7H2,1-2H3,(H,11,14). The molecular weight excluding hydrogens is 180 g/mol. The van der Waals surface area contributed by atoms with Gasteiger partial charge >= 0.3 is 0 Å². The lowest BCUT2D eigenvalue weighted by atomic mass is 10.1. The Morgan fingerprint density at radius 2 is 2.14 bits per heavy atom. The summed E-state index contributed by atoms with van der Waals surface area (Å²) in [6, 6.07) is 0.303. The van der Waals surface area contributed by atoms with Crippen molar-refractivity contribution >= 4 is 5.91 Å². The summed E-state index contributed by atoms with van der Waals surface area (Å²) in [7, 11) is 2.09. The Morgan fingerprint density at radius 1 is 1.57 bits per heavy atom. The van der Waals surface area contributed by atoms with Crippen LogP contribution in [0.3, 0.4) is 0 Å². The van der Waals surface area contributed by atoms with E-state index in [0.29, 0.717) is 6.04 Å². The van der Waals surface area contributed by atoms with Gasteiger partial charge in [-0.05, 0) is 39.9 Å². The van der Waals surface area contributed by atoms with Gasteiger partial charge in [-0.2, -0.15) is 0 Å². The van der Waals surface area contributed by atoms with Gasteiger partial charge in [0.05, 0.1) is 12.5 Å². The van der Waals surface area contributed by atoms with Crippen molar-refractivity contribution in [1.82, 2.24) is 10.2 Å². The van der Waals surface area contributed by atoms with E-state index in [1.54, 1.807) is 6.92 Å². The Balaban J connectivity index is 2.20. The molecule has 2 N–H and O–H groups in total. The first-order chi connectivity index (χ1) is 6.58. The molecule has 14 heavy (non-hydrogen) atoms. The fraction of sp³-hybridized carbons (Fsp3) is 0.900. The molecule has 4 heteroatoms. The molecule has 0 saturated carbocycles. The van der Waals surface area contributed by atoms with Crippen LogP contribution >= 0.6 is 0 Å². The number of amides is 1. The van der Waals surface area contributed by atoms with Gasteiger partial charge < -0.3 is 15.3 Å². The van der Waals surface area contributed by atoms with E-state index in [9.17, 15) is 4.79 Å². The van der Waals surface area contributed by atoms with E-state index in [1.807, 2.05) is 0 Å². The number of hydrogen-bond donors (Lipinski definition) is 2. The molecule has 0 bridgehead atoms. The van der Waals surface area contributed by atoms with Crippen LogP contribution in [0.15, 0.2) is 0 Å². The highest BCUT2D eigenvalue weighted by Crippen LogP contribution is 2.08. The maximum Gasteiger partial charge on any atom is 0.222 e. The molecule has 0 aromatic rings. The van der Waals surface area contributed by atoms with Crippen molar-refractivity contribution in [3.8, 4) is 0 Å². The van der Waals surface area contributed by atoms with Crippen molar-refractivity contribution in [2.45, 2.75) is 38.3 Å². The lowest BCUT2D eigenvalue weighted by Gasteiger charge is -2.29. The van der Waals surface area contributed by atoms with Crippen molar-refractivity contribution in [2.75, 3.05) is 20.1 Å². The SMILES string of the molecule is CC(O)CC(=O)NC1CCN(C)CC1. The van der Waals surface area contributed by atoms with Crippen LogP contribution in [0.25, 0.3) is 0 Å². The van der Waals surface area contributed by atoms with Crippen molar-refractivity contribution in [3.63, 3.8) is 0 Å². The van der Waals surface area contributed by atoms with Crippen LogP contribution in [0.1, 0.15) is 26.2 Å². The molecule has 0 aliphatic carbocycles. The number of nitrogens with zero attached hydrogens (tertiary/aromatic N) is 1. The minimum atomic E-state index is -0.540. The molecular formula is C10H20N2O2. The zero-order valence-electron chi connectivity index (χ0n) is 8.99. The third-order valence-electron chi connectivity index (χ3n) is 2.56. The minimum absolute atomic E-state index is 0.0328. The molecule has 0 aromatic heterocycles. The van der Waals surface area contributed by atoms with Gasteiger partial charge in [0.2, 0.25) is 5.91 Å². The third-order valence-corrected chi connectivity index (χ3v) is 2.56. The summed E-state index contributed by atoms with van der Waals surface area (Å²) < 4.78 is 0. The first-order valence-electron chi connectivity index (χ1n) is 5.24. The average molecular weight is 200 g/mol. The van der Waals surface area contributed by atoms with E-state index in [0.717, 1.165) is 25.9 Å². The van der Waals surface area contributed by atoms with E-state index in [4.69, 9.17) is 5.11 Å². The van der Waals surface area contributed by atoms with E-state index in [-0.39, 0.29) is 12.3 Å². The number of aliphatic hydroxyl groups is 1. The van der Waals surface area contributed by atoms with Gasteiger partial charge in [-0.3, -0.25) is 4.79 Å². The summed E-state index contributed by atoms with van der Waals surface area (Å²) in [5.74, 6) is -0.0328. The molecule has 1 heterocycles. The third kappa shape index (κ3) is 4.07. The maximum absolute atomic E-state index is 11.3. The lowest BCUT2D eigenvalue weighted by Crippen LogP contribution is -2.43. The molecule has 0 spiro atoms. The topological polar surface area (TPSA) is 52.6 Å². The van der Waals surface area contributed by atoms with Gasteiger partial charge in [0, 0.05) is 6.04 Å². The fourth-order valence-corrected chi connectivity index (χ4v) is 1.71. The molecule has 1 amide bonds. The monoisotopic (exact) mass is 200 g/mol. The van der Waals surface area contributed by atoms with Crippen molar-refractivity contribution in [1.29, 1.82) is 0 Å². The van der Waals surface area contributed by atoms with Gasteiger partial charge in [-0.15, -0.1) is 0 Å². The number of hydrogen-bond acceptors (Lipinski definition) is 3. The zero-order chi connectivity index (χ0) is 10.6. The summed E-state index contributed by atoms with van der Waals surface area (Å²) in [6.07, 6.45) is 1.71. The van der Waals surface area contributed by atoms with Crippen LogP contribution in [-0.4, -0.2) is 48.2 Å². The lowest BCUT2D eigenvalue weighted by molar-refractivity contribution is -0.123. The van der Waals surface area contributed by atoms with Crippen molar-refractivity contribution in [2.24, 2.45) is 0 Å². The number of piperidine rings is 1. The quantitative estimate of drug-likeness (QED) is 0.672. The Hall–Kier alpha value is -0.610. The van der Waals surface area contributed by atoms with Crippen LogP contribution in [0.4, 0.5) is 0 Å². The molecule has 1 saturated heterocycles. The molecule has 1 aliphatic heterocycles. The van der Waals surface area contributed by atoms with E-state index < -0.39 is 6.10 Å². The second-order valence-corrected chi connectivity index (χ2v) is 4.20. The highest BCUT2D eigenvalue weighted by molar-refractivity contribution is 5.76. The largest absolute Gasteiger partial charge is 0.393 e. The molecule has 1 atom stereocenters. The molecule has 0 aromatic carbocycles. The van der Waals surface area contributed by atoms with Gasteiger partial charge in [0.25, 0.3) is 0 Å². The summed E-state index contributed by atoms with van der Waals surface area (Å²) in [5, 5.41) is 12.0. The first-order valence-corrected chi connectivity index (χ1v) is 5.24. The second kappa shape index (κ2) is 5.32. The van der Waals surface area contributed by atoms with Gasteiger partial charge in [-0.25, -0.2) is 0 Å². The van der Waals surface area contributed by atoms with Crippen LogP contribution < -0.4 is 5.32 Å². The fourth-order valence-electron chi connectivity index (χ4n) is 1.71. The molecule has 82 valence electrons. The average Bonchev–Trinajstić information content (AvgIpc) is 2.07.